The number of halogens is 2. The lowest BCUT2D eigenvalue weighted by molar-refractivity contribution is -0.125. The van der Waals surface area contributed by atoms with Crippen LogP contribution >= 0.6 is 0 Å². The van der Waals surface area contributed by atoms with Crippen LogP contribution in [0, 0.1) is 23.7 Å². The number of hydrogen-bond acceptors (Lipinski definition) is 9. The smallest absolute Gasteiger partial charge is 0.273 e. The van der Waals surface area contributed by atoms with Crippen LogP contribution in [-0.2, 0) is 0 Å². The average Bonchev–Trinajstić information content (AvgIpc) is 3.41. The maximum atomic E-state index is 13.0. The van der Waals surface area contributed by atoms with Crippen LogP contribution in [0.15, 0.2) is 54.1 Å². The number of aromatic nitrogens is 2. The molecule has 3 fully saturated rings. The fraction of sp³-hybridized carbons (Fsp3) is 0.385. The number of nitrogens with two attached hydrogens (primary N) is 3. The average molecular weight is 509 g/mol. The molecule has 1 aromatic carbocycles. The van der Waals surface area contributed by atoms with E-state index < -0.39 is 5.92 Å². The highest BCUT2D eigenvalue weighted by Gasteiger charge is 2.43. The SMILES string of the molecule is NC(N)=C(/C=C(\N)c1ccccc1O)N1CC2CN(c3ccnc(C#CCN4CC(F)(F)C4)n3)CC2C1. The number of hydrogen-bond donors (Lipinski definition) is 4. The number of likely N-dealkylation sites (tertiary alicyclic amines) is 2. The van der Waals surface area contributed by atoms with Crippen LogP contribution in [0.1, 0.15) is 11.4 Å². The van der Waals surface area contributed by atoms with E-state index in [0.717, 1.165) is 32.0 Å². The molecule has 9 nitrogen and oxygen atoms in total. The van der Waals surface area contributed by atoms with Gasteiger partial charge in [0.25, 0.3) is 5.92 Å². The lowest BCUT2D eigenvalue weighted by Gasteiger charge is -2.37. The highest BCUT2D eigenvalue weighted by Crippen LogP contribution is 2.36. The molecule has 0 radical (unpaired) electrons. The van der Waals surface area contributed by atoms with Crippen molar-refractivity contribution in [1.29, 1.82) is 0 Å². The molecular formula is C26H30F2N8O. The number of fused-ring (bicyclic) bond motifs is 1. The van der Waals surface area contributed by atoms with Gasteiger partial charge in [0.05, 0.1) is 25.3 Å². The molecule has 0 amide bonds. The summed E-state index contributed by atoms with van der Waals surface area (Å²) in [7, 11) is 0. The van der Waals surface area contributed by atoms with Crippen molar-refractivity contribution in [3.8, 4) is 17.6 Å². The molecule has 2 atom stereocenters. The summed E-state index contributed by atoms with van der Waals surface area (Å²) in [6, 6.07) is 8.72. The number of anilines is 1. The predicted octanol–water partition coefficient (Wildman–Crippen LogP) is 0.939. The van der Waals surface area contributed by atoms with Crippen LogP contribution in [0.2, 0.25) is 0 Å². The van der Waals surface area contributed by atoms with E-state index in [4.69, 9.17) is 17.2 Å². The van der Waals surface area contributed by atoms with Gasteiger partial charge in [0.2, 0.25) is 5.82 Å². The Hall–Kier alpha value is -4.04. The Morgan fingerprint density at radius 1 is 1.08 bits per heavy atom. The Balaban J connectivity index is 1.21. The number of aromatic hydroxyl groups is 1. The van der Waals surface area contributed by atoms with E-state index in [1.54, 1.807) is 41.4 Å². The highest BCUT2D eigenvalue weighted by molar-refractivity contribution is 5.70. The van der Waals surface area contributed by atoms with Crippen molar-refractivity contribution in [2.24, 2.45) is 29.0 Å². The van der Waals surface area contributed by atoms with E-state index in [-0.39, 0.29) is 31.2 Å². The first kappa shape index (κ1) is 24.6. The first-order valence-electron chi connectivity index (χ1n) is 12.1. The molecule has 2 unspecified atom stereocenters. The second-order valence-electron chi connectivity index (χ2n) is 9.83. The second-order valence-corrected chi connectivity index (χ2v) is 9.83. The van der Waals surface area contributed by atoms with Gasteiger partial charge in [-0.3, -0.25) is 4.90 Å². The second kappa shape index (κ2) is 9.78. The number of phenolic OH excluding ortho intramolecular Hbond substituents is 1. The first-order chi connectivity index (χ1) is 17.7. The van der Waals surface area contributed by atoms with E-state index >= 15 is 0 Å². The van der Waals surface area contributed by atoms with Crippen LogP contribution in [0.25, 0.3) is 5.70 Å². The van der Waals surface area contributed by atoms with Crippen molar-refractivity contribution in [3.05, 3.63) is 65.5 Å². The molecule has 194 valence electrons. The summed E-state index contributed by atoms with van der Waals surface area (Å²) in [6.45, 7) is 2.92. The zero-order valence-corrected chi connectivity index (χ0v) is 20.3. The minimum atomic E-state index is -2.60. The third-order valence-electron chi connectivity index (χ3n) is 7.01. The van der Waals surface area contributed by atoms with Crippen LogP contribution < -0.4 is 22.1 Å². The predicted molar refractivity (Wildman–Crippen MR) is 137 cm³/mol. The maximum Gasteiger partial charge on any atom is 0.273 e. The minimum Gasteiger partial charge on any atom is -0.507 e. The summed E-state index contributed by atoms with van der Waals surface area (Å²) in [4.78, 5) is 14.7. The van der Waals surface area contributed by atoms with Gasteiger partial charge in [-0.05, 0) is 30.2 Å². The third-order valence-corrected chi connectivity index (χ3v) is 7.01. The van der Waals surface area contributed by atoms with Crippen molar-refractivity contribution >= 4 is 11.5 Å². The molecule has 37 heavy (non-hydrogen) atoms. The Labute approximate surface area is 214 Å². The van der Waals surface area contributed by atoms with E-state index in [2.05, 4.69) is 31.6 Å². The summed E-state index contributed by atoms with van der Waals surface area (Å²) < 4.78 is 25.9. The van der Waals surface area contributed by atoms with Gasteiger partial charge in [-0.15, -0.1) is 0 Å². The van der Waals surface area contributed by atoms with E-state index in [9.17, 15) is 13.9 Å². The summed E-state index contributed by atoms with van der Waals surface area (Å²) in [5, 5.41) is 10.1. The van der Waals surface area contributed by atoms with Crippen LogP contribution in [0.5, 0.6) is 5.75 Å². The van der Waals surface area contributed by atoms with E-state index in [0.29, 0.717) is 34.6 Å². The van der Waals surface area contributed by atoms with E-state index in [1.807, 2.05) is 6.07 Å². The molecule has 3 saturated heterocycles. The summed E-state index contributed by atoms with van der Waals surface area (Å²) >= 11 is 0. The van der Waals surface area contributed by atoms with Crippen LogP contribution in [0.3, 0.4) is 0 Å². The Morgan fingerprint density at radius 2 is 1.78 bits per heavy atom. The molecule has 0 spiro atoms. The molecule has 1 aromatic heterocycles. The van der Waals surface area contributed by atoms with Gasteiger partial charge < -0.3 is 32.1 Å². The van der Waals surface area contributed by atoms with Gasteiger partial charge in [0.1, 0.15) is 17.4 Å². The zero-order chi connectivity index (χ0) is 26.2. The molecule has 5 rings (SSSR count). The normalized spacial score (nSPS) is 22.7. The molecule has 0 aliphatic carbocycles. The monoisotopic (exact) mass is 508 g/mol. The lowest BCUT2D eigenvalue weighted by atomic mass is 10.0. The summed E-state index contributed by atoms with van der Waals surface area (Å²) in [5.41, 5.74) is 19.9. The van der Waals surface area contributed by atoms with Crippen LogP contribution in [0.4, 0.5) is 14.6 Å². The topological polar surface area (TPSA) is 134 Å². The maximum absolute atomic E-state index is 13.0. The fourth-order valence-corrected chi connectivity index (χ4v) is 5.21. The summed E-state index contributed by atoms with van der Waals surface area (Å²) in [5.74, 6) is 5.40. The quantitative estimate of drug-likeness (QED) is 0.344. The first-order valence-corrected chi connectivity index (χ1v) is 12.1. The molecule has 3 aliphatic heterocycles. The number of alkyl halides is 2. The standard InChI is InChI=1S/C26H30F2N8O/c27-26(28)15-34(16-26)9-3-6-23-32-8-7-24(33-23)36-13-17-11-35(12-18(17)14-36)21(25(30)31)10-20(29)19-4-1-2-5-22(19)37/h1-2,4-5,7-8,10,17-18,37H,9,11-16,29-31H2/b20-10-. The lowest BCUT2D eigenvalue weighted by Crippen LogP contribution is -2.55. The number of allylic oxidation sites excluding steroid dienone is 1. The third kappa shape index (κ3) is 5.39. The van der Waals surface area contributed by atoms with Gasteiger partial charge in [-0.1, -0.05) is 18.1 Å². The zero-order valence-electron chi connectivity index (χ0n) is 20.3. The Morgan fingerprint density at radius 3 is 2.43 bits per heavy atom. The fourth-order valence-electron chi connectivity index (χ4n) is 5.21. The van der Waals surface area contributed by atoms with Crippen molar-refractivity contribution in [1.82, 2.24) is 19.8 Å². The summed E-state index contributed by atoms with van der Waals surface area (Å²) in [6.07, 6.45) is 3.40. The number of phenols is 1. The van der Waals surface area contributed by atoms with E-state index in [1.165, 1.54) is 0 Å². The van der Waals surface area contributed by atoms with Crippen molar-refractivity contribution < 1.29 is 13.9 Å². The molecule has 0 saturated carbocycles. The Kier molecular flexibility index (Phi) is 6.52. The molecule has 7 N–H and O–H groups in total. The molecule has 0 bridgehead atoms. The van der Waals surface area contributed by atoms with Gasteiger partial charge >= 0.3 is 0 Å². The molecular weight excluding hydrogens is 478 g/mol. The molecule has 4 heterocycles. The Bertz CT molecular complexity index is 1270. The van der Waals surface area contributed by atoms with Crippen molar-refractivity contribution in [2.75, 3.05) is 50.7 Å². The van der Waals surface area contributed by atoms with Gasteiger partial charge in [-0.2, -0.15) is 0 Å². The van der Waals surface area contributed by atoms with Crippen molar-refractivity contribution in [2.45, 2.75) is 5.92 Å². The highest BCUT2D eigenvalue weighted by atomic mass is 19.3. The number of nitrogens with zero attached hydrogens (tertiary/aromatic N) is 5. The molecule has 2 aromatic rings. The number of benzene rings is 1. The minimum absolute atomic E-state index is 0.0936. The van der Waals surface area contributed by atoms with Crippen molar-refractivity contribution in [3.63, 3.8) is 0 Å². The van der Waals surface area contributed by atoms with Gasteiger partial charge in [0.15, 0.2) is 0 Å². The number of para-hydroxylation sites is 1. The largest absolute Gasteiger partial charge is 0.507 e. The molecule has 11 heteroatoms. The number of rotatable bonds is 5. The van der Waals surface area contributed by atoms with Crippen LogP contribution in [-0.4, -0.2) is 76.6 Å². The van der Waals surface area contributed by atoms with Gasteiger partial charge in [0, 0.05) is 55.5 Å². The van der Waals surface area contributed by atoms with Gasteiger partial charge in [-0.25, -0.2) is 18.7 Å². The molecule has 3 aliphatic rings.